The highest BCUT2D eigenvalue weighted by Crippen LogP contribution is 2.44. The SMILES string of the molecule is CCC[C@H](NC(=O)[C@@H]1[C@H]2CCC[C@H]2CN1C(=O)[C@@H](N[C@H]([C@@H](NC(=O)c1cnccn1)C1CCCCC1)C(F)(F)F)C(C)(C)C)C(=O)C(=O)NC1CC1. The number of carbonyl (C=O) groups is 5. The summed E-state index contributed by atoms with van der Waals surface area (Å²) in [5.74, 6) is -4.30. The molecule has 5 rings (SSSR count). The molecule has 1 aromatic rings. The Hall–Kier alpha value is -3.62. The molecule has 3 saturated carbocycles. The van der Waals surface area contributed by atoms with Crippen molar-refractivity contribution in [2.45, 2.75) is 147 Å². The minimum atomic E-state index is -4.87. The zero-order chi connectivity index (χ0) is 37.8. The van der Waals surface area contributed by atoms with Gasteiger partial charge in [-0.25, -0.2) is 4.98 Å². The van der Waals surface area contributed by atoms with Crippen LogP contribution in [0.1, 0.15) is 115 Å². The molecular formula is C37H54F3N7O5. The fourth-order valence-electron chi connectivity index (χ4n) is 8.37. The number of amides is 4. The number of hydrogen-bond donors (Lipinski definition) is 4. The van der Waals surface area contributed by atoms with Gasteiger partial charge in [-0.1, -0.05) is 59.8 Å². The molecule has 0 aromatic carbocycles. The minimum Gasteiger partial charge on any atom is -0.347 e. The van der Waals surface area contributed by atoms with Crippen molar-refractivity contribution in [3.8, 4) is 0 Å². The van der Waals surface area contributed by atoms with E-state index in [-0.39, 0.29) is 36.5 Å². The fraction of sp³-hybridized carbons (Fsp3) is 0.757. The molecule has 3 aliphatic carbocycles. The van der Waals surface area contributed by atoms with Crippen LogP contribution in [0.15, 0.2) is 18.6 Å². The first-order valence-electron chi connectivity index (χ1n) is 18.9. The van der Waals surface area contributed by atoms with Crippen molar-refractivity contribution in [1.29, 1.82) is 0 Å². The van der Waals surface area contributed by atoms with Gasteiger partial charge in [0.15, 0.2) is 0 Å². The zero-order valence-electron chi connectivity index (χ0n) is 30.6. The van der Waals surface area contributed by atoms with Crippen LogP contribution in [-0.2, 0) is 19.2 Å². The second-order valence-corrected chi connectivity index (χ2v) is 16.2. The van der Waals surface area contributed by atoms with Crippen molar-refractivity contribution in [2.24, 2.45) is 23.2 Å². The molecule has 2 heterocycles. The molecule has 12 nitrogen and oxygen atoms in total. The predicted molar refractivity (Wildman–Crippen MR) is 185 cm³/mol. The van der Waals surface area contributed by atoms with Gasteiger partial charge in [-0.2, -0.15) is 13.2 Å². The van der Waals surface area contributed by atoms with E-state index in [0.717, 1.165) is 32.1 Å². The van der Waals surface area contributed by atoms with Crippen molar-refractivity contribution >= 4 is 29.4 Å². The maximum Gasteiger partial charge on any atom is 0.405 e. The van der Waals surface area contributed by atoms with E-state index in [4.69, 9.17) is 0 Å². The van der Waals surface area contributed by atoms with Crippen molar-refractivity contribution in [3.05, 3.63) is 24.3 Å². The molecule has 1 aromatic heterocycles. The van der Waals surface area contributed by atoms with E-state index in [0.29, 0.717) is 38.5 Å². The smallest absolute Gasteiger partial charge is 0.347 e. The summed E-state index contributed by atoms with van der Waals surface area (Å²) in [6, 6.07) is -7.25. The number of aromatic nitrogens is 2. The third-order valence-corrected chi connectivity index (χ3v) is 11.2. The molecule has 1 saturated heterocycles. The van der Waals surface area contributed by atoms with Gasteiger partial charge in [-0.15, -0.1) is 0 Å². The molecule has 52 heavy (non-hydrogen) atoms. The fourth-order valence-corrected chi connectivity index (χ4v) is 8.37. The Morgan fingerprint density at radius 1 is 0.923 bits per heavy atom. The number of hydrogen-bond acceptors (Lipinski definition) is 8. The van der Waals surface area contributed by atoms with Crippen LogP contribution < -0.4 is 21.3 Å². The van der Waals surface area contributed by atoms with E-state index >= 15 is 13.2 Å². The predicted octanol–water partition coefficient (Wildman–Crippen LogP) is 3.85. The molecule has 15 heteroatoms. The summed E-state index contributed by atoms with van der Waals surface area (Å²) in [4.78, 5) is 77.2. The van der Waals surface area contributed by atoms with E-state index in [2.05, 4.69) is 31.2 Å². The molecule has 4 amide bonds. The van der Waals surface area contributed by atoms with Gasteiger partial charge in [-0.05, 0) is 68.1 Å². The number of rotatable bonds is 14. The number of fused-ring (bicyclic) bond motifs is 1. The van der Waals surface area contributed by atoms with Gasteiger partial charge in [0.2, 0.25) is 17.6 Å². The number of ketones is 1. The van der Waals surface area contributed by atoms with Crippen LogP contribution in [0.2, 0.25) is 0 Å². The Balaban J connectivity index is 1.43. The first kappa shape index (κ1) is 39.6. The molecular weight excluding hydrogens is 679 g/mol. The number of nitrogens with one attached hydrogen (secondary N) is 4. The lowest BCUT2D eigenvalue weighted by Crippen LogP contribution is -2.67. The number of nitrogens with zero attached hydrogens (tertiary/aromatic N) is 3. The largest absolute Gasteiger partial charge is 0.405 e. The summed E-state index contributed by atoms with van der Waals surface area (Å²) in [7, 11) is 0. The van der Waals surface area contributed by atoms with Gasteiger partial charge in [0.05, 0.1) is 24.3 Å². The van der Waals surface area contributed by atoms with E-state index in [1.54, 1.807) is 20.8 Å². The lowest BCUT2D eigenvalue weighted by atomic mass is 9.79. The first-order chi connectivity index (χ1) is 24.6. The van der Waals surface area contributed by atoms with E-state index in [1.165, 1.54) is 23.5 Å². The van der Waals surface area contributed by atoms with E-state index < -0.39 is 77.1 Å². The van der Waals surface area contributed by atoms with Crippen LogP contribution in [0.3, 0.4) is 0 Å². The van der Waals surface area contributed by atoms with Crippen molar-refractivity contribution in [1.82, 2.24) is 36.1 Å². The van der Waals surface area contributed by atoms with Crippen LogP contribution in [-0.4, -0.2) is 93.3 Å². The standard InChI is InChI=1S/C37H54F3N7O5/c1-5-10-25(29(48)34(51)43-23-15-16-23)44-33(50)28-24-14-9-13-22(24)20-47(28)35(52)31(36(2,3)4)46-30(37(38,39)40)27(21-11-7-6-8-12-21)45-32(49)26-19-41-17-18-42-26/h17-19,21-25,27-28,30-31,46H,5-16,20H2,1-4H3,(H,43,51)(H,44,50)(H,45,49)/t22-,24-,25-,27-,28-,30+,31+/m0/s1. The van der Waals surface area contributed by atoms with Crippen LogP contribution in [0.4, 0.5) is 13.2 Å². The van der Waals surface area contributed by atoms with Crippen LogP contribution in [0, 0.1) is 23.2 Å². The summed E-state index contributed by atoms with van der Waals surface area (Å²) < 4.78 is 45.9. The molecule has 0 bridgehead atoms. The second kappa shape index (κ2) is 16.6. The normalized spacial score (nSPS) is 24.7. The third-order valence-electron chi connectivity index (χ3n) is 11.2. The topological polar surface area (TPSA) is 162 Å². The minimum absolute atomic E-state index is 0.0292. The highest BCUT2D eigenvalue weighted by molar-refractivity contribution is 6.38. The van der Waals surface area contributed by atoms with Gasteiger partial charge in [-0.3, -0.25) is 34.3 Å². The first-order valence-corrected chi connectivity index (χ1v) is 18.9. The average Bonchev–Trinajstić information content (AvgIpc) is 3.66. The molecule has 4 fully saturated rings. The van der Waals surface area contributed by atoms with Gasteiger partial charge in [0.25, 0.3) is 11.8 Å². The Morgan fingerprint density at radius 3 is 2.23 bits per heavy atom. The Morgan fingerprint density at radius 2 is 1.63 bits per heavy atom. The summed E-state index contributed by atoms with van der Waals surface area (Å²) in [6.45, 7) is 7.03. The van der Waals surface area contributed by atoms with E-state index in [9.17, 15) is 24.0 Å². The van der Waals surface area contributed by atoms with Crippen LogP contribution in [0.25, 0.3) is 0 Å². The molecule has 0 radical (unpaired) electrons. The van der Waals surface area contributed by atoms with Crippen LogP contribution >= 0.6 is 0 Å². The average molecular weight is 734 g/mol. The Bertz CT molecular complexity index is 1440. The molecule has 0 spiro atoms. The Kier molecular flexibility index (Phi) is 12.6. The molecule has 0 unspecified atom stereocenters. The summed E-state index contributed by atoms with van der Waals surface area (Å²) in [6.07, 6.45) is 6.81. The summed E-state index contributed by atoms with van der Waals surface area (Å²) in [5, 5.41) is 10.8. The second-order valence-electron chi connectivity index (χ2n) is 16.2. The van der Waals surface area contributed by atoms with Crippen molar-refractivity contribution in [3.63, 3.8) is 0 Å². The van der Waals surface area contributed by atoms with Gasteiger partial charge in [0, 0.05) is 25.0 Å². The number of halogens is 3. The number of alkyl halides is 3. The van der Waals surface area contributed by atoms with Crippen molar-refractivity contribution < 1.29 is 37.1 Å². The van der Waals surface area contributed by atoms with Gasteiger partial charge in [0.1, 0.15) is 17.8 Å². The van der Waals surface area contributed by atoms with Gasteiger partial charge >= 0.3 is 6.18 Å². The molecule has 4 aliphatic rings. The third kappa shape index (κ3) is 9.48. The maximum atomic E-state index is 15.3. The number of carbonyl (C=O) groups excluding carboxylic acids is 5. The summed E-state index contributed by atoms with van der Waals surface area (Å²) in [5.41, 5.74) is -1.16. The zero-order valence-corrected chi connectivity index (χ0v) is 30.6. The molecule has 288 valence electrons. The lowest BCUT2D eigenvalue weighted by Gasteiger charge is -2.43. The molecule has 1 aliphatic heterocycles. The molecule has 7 atom stereocenters. The highest BCUT2D eigenvalue weighted by Gasteiger charge is 2.55. The highest BCUT2D eigenvalue weighted by atomic mass is 19.4. The lowest BCUT2D eigenvalue weighted by molar-refractivity contribution is -0.172. The number of Topliss-reactive ketones (excluding diaryl/α,β-unsaturated/α-hetero) is 1. The monoisotopic (exact) mass is 733 g/mol. The van der Waals surface area contributed by atoms with Crippen LogP contribution in [0.5, 0.6) is 0 Å². The van der Waals surface area contributed by atoms with Gasteiger partial charge < -0.3 is 20.9 Å². The molecule has 4 N–H and O–H groups in total. The quantitative estimate of drug-likeness (QED) is 0.210. The van der Waals surface area contributed by atoms with Crippen molar-refractivity contribution in [2.75, 3.05) is 6.54 Å². The summed E-state index contributed by atoms with van der Waals surface area (Å²) >= 11 is 0. The van der Waals surface area contributed by atoms with E-state index in [1.807, 2.05) is 6.92 Å². The Labute approximate surface area is 303 Å². The maximum absolute atomic E-state index is 15.3. The number of likely N-dealkylation sites (tertiary alicyclic amines) is 1.